The summed E-state index contributed by atoms with van der Waals surface area (Å²) in [6, 6.07) is 0. The zero-order valence-electron chi connectivity index (χ0n) is 19.9. The minimum atomic E-state index is -0.514. The molecule has 5 nitrogen and oxygen atoms in total. The van der Waals surface area contributed by atoms with Crippen LogP contribution in [0.3, 0.4) is 0 Å². The highest BCUT2D eigenvalue weighted by molar-refractivity contribution is 7.04. The number of aliphatic imine (C=N–C) groups is 1. The highest BCUT2D eigenvalue weighted by Gasteiger charge is 2.58. The molecule has 0 saturated heterocycles. The van der Waals surface area contributed by atoms with E-state index in [0.717, 1.165) is 62.2 Å². The van der Waals surface area contributed by atoms with Crippen molar-refractivity contribution in [1.82, 2.24) is 3.96 Å². The van der Waals surface area contributed by atoms with Gasteiger partial charge in [0.15, 0.2) is 5.90 Å². The third-order valence-electron chi connectivity index (χ3n) is 7.21. The van der Waals surface area contributed by atoms with Crippen LogP contribution in [0.5, 0.6) is 0 Å². The summed E-state index contributed by atoms with van der Waals surface area (Å²) < 4.78 is 9.02. The molecule has 0 spiro atoms. The van der Waals surface area contributed by atoms with E-state index in [4.69, 9.17) is 9.73 Å². The number of hydrogen-bond acceptors (Lipinski definition) is 4. The van der Waals surface area contributed by atoms with Gasteiger partial charge in [0.2, 0.25) is 0 Å². The van der Waals surface area contributed by atoms with Crippen molar-refractivity contribution < 1.29 is 9.53 Å². The van der Waals surface area contributed by atoms with Crippen molar-refractivity contribution in [1.29, 1.82) is 0 Å². The summed E-state index contributed by atoms with van der Waals surface area (Å²) in [5.74, 6) is 1.05. The highest BCUT2D eigenvalue weighted by atomic mass is 32.1. The van der Waals surface area contributed by atoms with Crippen molar-refractivity contribution in [2.45, 2.75) is 92.5 Å². The predicted octanol–water partition coefficient (Wildman–Crippen LogP) is 5.34. The molecule has 168 valence electrons. The lowest BCUT2D eigenvalue weighted by molar-refractivity contribution is -0.132. The van der Waals surface area contributed by atoms with Crippen LogP contribution < -0.4 is 4.67 Å². The third-order valence-corrected chi connectivity index (χ3v) is 8.59. The minimum Gasteiger partial charge on any atom is -0.481 e. The Labute approximate surface area is 185 Å². The molecule has 30 heavy (non-hydrogen) atoms. The summed E-state index contributed by atoms with van der Waals surface area (Å²) in [7, 11) is 0. The van der Waals surface area contributed by atoms with Gasteiger partial charge >= 0.3 is 0 Å². The number of ether oxygens (including phenoxy) is 1. The molecule has 3 rings (SSSR count). The molecule has 2 atom stereocenters. The second kappa shape index (κ2) is 8.60. The number of rotatable bonds is 5. The number of unbranched alkanes of at least 4 members (excludes halogenated alkanes) is 1. The maximum atomic E-state index is 13.6. The van der Waals surface area contributed by atoms with Gasteiger partial charge < -0.3 is 4.74 Å². The van der Waals surface area contributed by atoms with E-state index in [-0.39, 0.29) is 22.8 Å². The number of nitrogens with zero attached hydrogens (tertiary/aromatic N) is 3. The molecule has 1 aromatic heterocycles. The first-order valence-electron chi connectivity index (χ1n) is 11.5. The second-order valence-corrected chi connectivity index (χ2v) is 11.6. The number of hydrogen-bond donors (Lipinski definition) is 0. The van der Waals surface area contributed by atoms with Crippen LogP contribution in [-0.4, -0.2) is 28.9 Å². The summed E-state index contributed by atoms with van der Waals surface area (Å²) in [6.45, 7) is 16.8. The lowest BCUT2D eigenvalue weighted by Gasteiger charge is -2.39. The maximum Gasteiger partial charge on any atom is 0.253 e. The standard InChI is InChI=1S/C24H39N3O2S/c1-8-9-11-17-16-27(22(2,3)4)30-20(17)26-21(28)24(7)13-12-18(23(24,5)6)19-25-14-10-15-29-19/h16,18H,8-15H2,1-7H3/t18-,24+/m0/s1. The smallest absolute Gasteiger partial charge is 0.253 e. The summed E-state index contributed by atoms with van der Waals surface area (Å²) in [5.41, 5.74) is 0.422. The molecule has 0 N–H and O–H groups in total. The number of carbonyl (C=O) groups is 1. The average Bonchev–Trinajstić information content (AvgIpc) is 3.20. The van der Waals surface area contributed by atoms with Gasteiger partial charge in [0, 0.05) is 36.2 Å². The Morgan fingerprint density at radius 1 is 1.37 bits per heavy atom. The molecular formula is C24H39N3O2S. The molecule has 6 heteroatoms. The number of carbonyl (C=O) groups excluding carboxylic acids is 1. The van der Waals surface area contributed by atoms with E-state index in [1.165, 1.54) is 5.56 Å². The maximum absolute atomic E-state index is 13.6. The average molecular weight is 434 g/mol. The topological polar surface area (TPSA) is 56.0 Å². The molecule has 1 aromatic rings. The third kappa shape index (κ3) is 4.30. The monoisotopic (exact) mass is 433 g/mol. The number of aryl methyl sites for hydroxylation is 1. The Balaban J connectivity index is 1.95. The molecule has 0 radical (unpaired) electrons. The molecule has 1 amide bonds. The van der Waals surface area contributed by atoms with Gasteiger partial charge in [-0.2, -0.15) is 0 Å². The van der Waals surface area contributed by atoms with Gasteiger partial charge in [-0.3, -0.25) is 13.7 Å². The van der Waals surface area contributed by atoms with E-state index in [2.05, 4.69) is 63.6 Å². The highest BCUT2D eigenvalue weighted by Crippen LogP contribution is 2.57. The van der Waals surface area contributed by atoms with E-state index >= 15 is 0 Å². The van der Waals surface area contributed by atoms with Crippen LogP contribution in [0.2, 0.25) is 0 Å². The molecule has 0 unspecified atom stereocenters. The molecule has 1 aliphatic carbocycles. The summed E-state index contributed by atoms with van der Waals surface area (Å²) in [6.07, 6.45) is 8.14. The molecule has 0 aromatic carbocycles. The SMILES string of the molecule is CCCCc1cn(C(C)(C)C)sc1=NC(=O)[C@@]1(C)CC[C@@H](C2=NCCCO2)C1(C)C. The first-order chi connectivity index (χ1) is 14.0. The Morgan fingerprint density at radius 2 is 2.10 bits per heavy atom. The van der Waals surface area contributed by atoms with Gasteiger partial charge in [-0.05, 0) is 63.4 Å². The molecule has 0 bridgehead atoms. The molecule has 1 aliphatic heterocycles. The van der Waals surface area contributed by atoms with Crippen molar-refractivity contribution in [3.8, 4) is 0 Å². The van der Waals surface area contributed by atoms with Crippen LogP contribution in [0.15, 0.2) is 16.2 Å². The largest absolute Gasteiger partial charge is 0.481 e. The summed E-state index contributed by atoms with van der Waals surface area (Å²) in [5, 5.41) is 0. The first-order valence-corrected chi connectivity index (χ1v) is 12.3. The Morgan fingerprint density at radius 3 is 2.70 bits per heavy atom. The molecule has 2 heterocycles. The lowest BCUT2D eigenvalue weighted by Crippen LogP contribution is -2.43. The Bertz CT molecular complexity index is 872. The van der Waals surface area contributed by atoms with Crippen molar-refractivity contribution in [3.05, 3.63) is 16.4 Å². The van der Waals surface area contributed by atoms with Gasteiger partial charge in [0.05, 0.1) is 12.0 Å². The van der Waals surface area contributed by atoms with E-state index in [1.807, 2.05) is 0 Å². The van der Waals surface area contributed by atoms with Crippen molar-refractivity contribution in [3.63, 3.8) is 0 Å². The van der Waals surface area contributed by atoms with Crippen LogP contribution in [-0.2, 0) is 21.5 Å². The number of aromatic nitrogens is 1. The Hall–Kier alpha value is -1.43. The van der Waals surface area contributed by atoms with E-state index in [9.17, 15) is 4.79 Å². The quantitative estimate of drug-likeness (QED) is 0.630. The van der Waals surface area contributed by atoms with Gasteiger partial charge in [0.25, 0.3) is 5.91 Å². The van der Waals surface area contributed by atoms with E-state index < -0.39 is 5.41 Å². The molecule has 2 aliphatic rings. The van der Waals surface area contributed by atoms with Crippen LogP contribution in [0.25, 0.3) is 0 Å². The van der Waals surface area contributed by atoms with Crippen molar-refractivity contribution in [2.24, 2.45) is 26.7 Å². The number of amides is 1. The van der Waals surface area contributed by atoms with Crippen LogP contribution in [0, 0.1) is 16.7 Å². The van der Waals surface area contributed by atoms with Gasteiger partial charge in [-0.15, -0.1) is 0 Å². The molecule has 1 fully saturated rings. The second-order valence-electron chi connectivity index (χ2n) is 10.6. The first kappa shape index (κ1) is 23.2. The van der Waals surface area contributed by atoms with Crippen molar-refractivity contribution >= 4 is 23.3 Å². The summed E-state index contributed by atoms with van der Waals surface area (Å²) >= 11 is 1.61. The van der Waals surface area contributed by atoms with Crippen LogP contribution in [0.1, 0.15) is 86.1 Å². The van der Waals surface area contributed by atoms with Crippen molar-refractivity contribution in [2.75, 3.05) is 13.2 Å². The zero-order valence-corrected chi connectivity index (χ0v) is 20.7. The molecule has 1 saturated carbocycles. The van der Waals surface area contributed by atoms with E-state index in [1.54, 1.807) is 11.5 Å². The minimum absolute atomic E-state index is 0.00654. The van der Waals surface area contributed by atoms with Crippen LogP contribution in [0.4, 0.5) is 0 Å². The fourth-order valence-electron chi connectivity index (χ4n) is 4.55. The normalized spacial score (nSPS) is 27.1. The van der Waals surface area contributed by atoms with Gasteiger partial charge in [-0.1, -0.05) is 34.1 Å². The fourth-order valence-corrected chi connectivity index (χ4v) is 5.59. The summed E-state index contributed by atoms with van der Waals surface area (Å²) in [4.78, 5) is 23.0. The lowest BCUT2D eigenvalue weighted by atomic mass is 9.65. The predicted molar refractivity (Wildman–Crippen MR) is 124 cm³/mol. The van der Waals surface area contributed by atoms with E-state index in [0.29, 0.717) is 0 Å². The van der Waals surface area contributed by atoms with Gasteiger partial charge in [-0.25, -0.2) is 4.99 Å². The zero-order chi connectivity index (χ0) is 22.2. The Kier molecular flexibility index (Phi) is 6.66. The molecular weight excluding hydrogens is 394 g/mol. The van der Waals surface area contributed by atoms with Crippen LogP contribution >= 0.6 is 11.5 Å². The fraction of sp³-hybridized carbons (Fsp3) is 0.792. The van der Waals surface area contributed by atoms with Gasteiger partial charge in [0.1, 0.15) is 4.67 Å².